The second-order valence-electron chi connectivity index (χ2n) is 3.58. The topological polar surface area (TPSA) is 64.7 Å². The summed E-state index contributed by atoms with van der Waals surface area (Å²) in [7, 11) is 0. The van der Waals surface area contributed by atoms with Crippen LogP contribution < -0.4 is 5.73 Å². The van der Waals surface area contributed by atoms with Gasteiger partial charge >= 0.3 is 0 Å². The first-order chi connectivity index (χ1) is 8.54. The molecule has 2 N–H and O–H groups in total. The molecule has 1 aromatic carbocycles. The van der Waals surface area contributed by atoms with Gasteiger partial charge in [-0.3, -0.25) is 0 Å². The monoisotopic (exact) mass is 302 g/mol. The van der Waals surface area contributed by atoms with Crippen LogP contribution in [0.15, 0.2) is 24.3 Å². The summed E-state index contributed by atoms with van der Waals surface area (Å²) in [5.41, 5.74) is 6.55. The number of nitrogens with two attached hydrogens (primary N) is 1. The van der Waals surface area contributed by atoms with Crippen molar-refractivity contribution >= 4 is 40.8 Å². The molecule has 4 nitrogen and oxygen atoms in total. The van der Waals surface area contributed by atoms with Crippen LogP contribution in [0.3, 0.4) is 0 Å². The van der Waals surface area contributed by atoms with Gasteiger partial charge in [-0.1, -0.05) is 46.9 Å². The Kier molecular flexibility index (Phi) is 4.22. The Morgan fingerprint density at radius 2 is 1.94 bits per heavy atom. The van der Waals surface area contributed by atoms with Crippen LogP contribution in [-0.4, -0.2) is 15.0 Å². The number of rotatable bonds is 3. The molecule has 0 saturated heterocycles. The van der Waals surface area contributed by atoms with E-state index in [4.69, 9.17) is 40.5 Å². The average molecular weight is 304 g/mol. The maximum atomic E-state index is 5.90. The SMILES string of the molecule is Nc1nc(Cc2cccc(Cl)c2)nc(C(Cl)Cl)n1. The molecule has 18 heavy (non-hydrogen) atoms. The van der Waals surface area contributed by atoms with Crippen LogP contribution in [-0.2, 0) is 6.42 Å². The van der Waals surface area contributed by atoms with E-state index in [1.807, 2.05) is 18.2 Å². The van der Waals surface area contributed by atoms with Crippen molar-refractivity contribution in [1.82, 2.24) is 15.0 Å². The summed E-state index contributed by atoms with van der Waals surface area (Å²) >= 11 is 17.3. The van der Waals surface area contributed by atoms with Crippen LogP contribution in [0.4, 0.5) is 5.95 Å². The third-order valence-electron chi connectivity index (χ3n) is 2.16. The van der Waals surface area contributed by atoms with Gasteiger partial charge in [0.1, 0.15) is 5.82 Å². The number of hydrogen-bond donors (Lipinski definition) is 1. The van der Waals surface area contributed by atoms with Gasteiger partial charge in [0.05, 0.1) is 0 Å². The summed E-state index contributed by atoms with van der Waals surface area (Å²) in [6.07, 6.45) is 0.487. The first kappa shape index (κ1) is 13.3. The molecule has 0 aliphatic rings. The minimum absolute atomic E-state index is 0.100. The van der Waals surface area contributed by atoms with E-state index in [2.05, 4.69) is 15.0 Å². The summed E-state index contributed by atoms with van der Waals surface area (Å²) in [6.45, 7) is 0. The third-order valence-corrected chi connectivity index (χ3v) is 2.79. The zero-order valence-corrected chi connectivity index (χ0v) is 11.4. The Morgan fingerprint density at radius 3 is 2.61 bits per heavy atom. The standard InChI is InChI=1S/C11H9Cl3N4/c12-7-3-1-2-6(4-7)5-8-16-10(9(13)14)18-11(15)17-8/h1-4,9H,5H2,(H2,15,16,17,18). The Morgan fingerprint density at radius 1 is 1.17 bits per heavy atom. The second kappa shape index (κ2) is 5.69. The van der Waals surface area contributed by atoms with Crippen molar-refractivity contribution < 1.29 is 0 Å². The summed E-state index contributed by atoms with van der Waals surface area (Å²) in [5.74, 6) is 0.859. The van der Waals surface area contributed by atoms with Crippen LogP contribution in [0.5, 0.6) is 0 Å². The maximum Gasteiger partial charge on any atom is 0.223 e. The molecule has 0 atom stereocenters. The van der Waals surface area contributed by atoms with Crippen molar-refractivity contribution in [3.63, 3.8) is 0 Å². The Balaban J connectivity index is 2.29. The molecule has 2 rings (SSSR count). The van der Waals surface area contributed by atoms with E-state index >= 15 is 0 Å². The molecule has 0 radical (unpaired) electrons. The molecule has 1 heterocycles. The van der Waals surface area contributed by atoms with Gasteiger partial charge in [-0.15, -0.1) is 0 Å². The Hall–Kier alpha value is -1.10. The van der Waals surface area contributed by atoms with Crippen molar-refractivity contribution in [2.45, 2.75) is 11.3 Å². The van der Waals surface area contributed by atoms with Gasteiger partial charge in [0.2, 0.25) is 5.95 Å². The number of nitrogens with zero attached hydrogens (tertiary/aromatic N) is 3. The maximum absolute atomic E-state index is 5.90. The lowest BCUT2D eigenvalue weighted by Crippen LogP contribution is -2.07. The fourth-order valence-corrected chi connectivity index (χ4v) is 1.87. The quantitative estimate of drug-likeness (QED) is 0.885. The van der Waals surface area contributed by atoms with E-state index in [-0.39, 0.29) is 11.8 Å². The van der Waals surface area contributed by atoms with Crippen LogP contribution in [0.1, 0.15) is 22.0 Å². The van der Waals surface area contributed by atoms with E-state index in [9.17, 15) is 0 Å². The van der Waals surface area contributed by atoms with Gasteiger partial charge < -0.3 is 5.73 Å². The highest BCUT2D eigenvalue weighted by molar-refractivity contribution is 6.43. The number of halogens is 3. The molecule has 0 unspecified atom stereocenters. The van der Waals surface area contributed by atoms with Gasteiger partial charge in [0, 0.05) is 11.4 Å². The minimum Gasteiger partial charge on any atom is -0.368 e. The molecule has 1 aromatic heterocycles. The average Bonchev–Trinajstić information content (AvgIpc) is 2.28. The molecular weight excluding hydrogens is 295 g/mol. The fourth-order valence-electron chi connectivity index (χ4n) is 1.46. The van der Waals surface area contributed by atoms with E-state index in [0.29, 0.717) is 17.3 Å². The molecule has 7 heteroatoms. The number of benzene rings is 1. The summed E-state index contributed by atoms with van der Waals surface area (Å²) < 4.78 is 0. The molecule has 0 aliphatic heterocycles. The zero-order chi connectivity index (χ0) is 13.1. The van der Waals surface area contributed by atoms with E-state index in [0.717, 1.165) is 5.56 Å². The van der Waals surface area contributed by atoms with E-state index in [1.54, 1.807) is 6.07 Å². The van der Waals surface area contributed by atoms with Crippen molar-refractivity contribution in [1.29, 1.82) is 0 Å². The molecule has 94 valence electrons. The van der Waals surface area contributed by atoms with E-state index in [1.165, 1.54) is 0 Å². The number of alkyl halides is 2. The largest absolute Gasteiger partial charge is 0.368 e. The molecule has 0 aliphatic carbocycles. The smallest absolute Gasteiger partial charge is 0.223 e. The summed E-state index contributed by atoms with van der Waals surface area (Å²) in [4.78, 5) is 11.2. The van der Waals surface area contributed by atoms with Crippen molar-refractivity contribution in [2.24, 2.45) is 0 Å². The van der Waals surface area contributed by atoms with Gasteiger partial charge in [0.15, 0.2) is 10.7 Å². The zero-order valence-electron chi connectivity index (χ0n) is 9.15. The molecule has 0 spiro atoms. The molecule has 0 fully saturated rings. The summed E-state index contributed by atoms with van der Waals surface area (Å²) in [6, 6.07) is 7.41. The number of aromatic nitrogens is 3. The number of anilines is 1. The Labute approximate surface area is 119 Å². The predicted octanol–water partition coefficient (Wildman–Crippen LogP) is 3.17. The number of hydrogen-bond acceptors (Lipinski definition) is 4. The lowest BCUT2D eigenvalue weighted by Gasteiger charge is -2.05. The van der Waals surface area contributed by atoms with Crippen molar-refractivity contribution in [2.75, 3.05) is 5.73 Å². The molecule has 0 bridgehead atoms. The minimum atomic E-state index is -0.826. The van der Waals surface area contributed by atoms with Gasteiger partial charge in [-0.05, 0) is 17.7 Å². The second-order valence-corrected chi connectivity index (χ2v) is 5.11. The molecule has 2 aromatic rings. The lowest BCUT2D eigenvalue weighted by molar-refractivity contribution is 0.874. The van der Waals surface area contributed by atoms with Crippen LogP contribution >= 0.6 is 34.8 Å². The van der Waals surface area contributed by atoms with E-state index < -0.39 is 4.84 Å². The van der Waals surface area contributed by atoms with Crippen LogP contribution in [0, 0.1) is 0 Å². The van der Waals surface area contributed by atoms with Crippen molar-refractivity contribution in [3.8, 4) is 0 Å². The highest BCUT2D eigenvalue weighted by Crippen LogP contribution is 2.22. The molecule has 0 saturated carbocycles. The molecule has 0 amide bonds. The first-order valence-corrected chi connectivity index (χ1v) is 6.32. The predicted molar refractivity (Wildman–Crippen MR) is 72.9 cm³/mol. The van der Waals surface area contributed by atoms with Gasteiger partial charge in [0.25, 0.3) is 0 Å². The summed E-state index contributed by atoms with van der Waals surface area (Å²) in [5, 5.41) is 0.655. The van der Waals surface area contributed by atoms with Gasteiger partial charge in [-0.25, -0.2) is 4.98 Å². The highest BCUT2D eigenvalue weighted by atomic mass is 35.5. The van der Waals surface area contributed by atoms with Crippen molar-refractivity contribution in [3.05, 3.63) is 46.5 Å². The molecular formula is C11H9Cl3N4. The van der Waals surface area contributed by atoms with Gasteiger partial charge in [-0.2, -0.15) is 9.97 Å². The fraction of sp³-hybridized carbons (Fsp3) is 0.182. The highest BCUT2D eigenvalue weighted by Gasteiger charge is 2.11. The third kappa shape index (κ3) is 3.45. The lowest BCUT2D eigenvalue weighted by atomic mass is 10.1. The van der Waals surface area contributed by atoms with Crippen LogP contribution in [0.25, 0.3) is 0 Å². The first-order valence-electron chi connectivity index (χ1n) is 5.07. The Bertz CT molecular complexity index is 560. The normalized spacial score (nSPS) is 10.9. The van der Waals surface area contributed by atoms with Crippen LogP contribution in [0.2, 0.25) is 5.02 Å². The number of nitrogen functional groups attached to an aromatic ring is 1.